The van der Waals surface area contributed by atoms with Crippen LogP contribution in [0.15, 0.2) is 36.4 Å². The van der Waals surface area contributed by atoms with Gasteiger partial charge in [-0.1, -0.05) is 23.7 Å². The smallest absolute Gasteiger partial charge is 0.304 e. The number of carbonyl (C=O) groups is 1. The molecule has 1 atom stereocenters. The van der Waals surface area contributed by atoms with E-state index in [1.165, 1.54) is 0 Å². The van der Waals surface area contributed by atoms with Crippen molar-refractivity contribution in [1.82, 2.24) is 0 Å². The zero-order valence-corrected chi connectivity index (χ0v) is 11.6. The van der Waals surface area contributed by atoms with Gasteiger partial charge < -0.3 is 9.84 Å². The Balaban J connectivity index is 2.19. The molecule has 0 spiro atoms. The number of benzene rings is 2. The van der Waals surface area contributed by atoms with E-state index < -0.39 is 5.97 Å². The molecular formula is C16H13ClO3. The molecule has 2 aromatic rings. The summed E-state index contributed by atoms with van der Waals surface area (Å²) in [6.45, 7) is 0. The zero-order chi connectivity index (χ0) is 14.3. The molecular weight excluding hydrogens is 276 g/mol. The van der Waals surface area contributed by atoms with Crippen LogP contribution in [0, 0.1) is 0 Å². The number of halogens is 1. The number of aliphatic carboxylic acids is 1. The van der Waals surface area contributed by atoms with Gasteiger partial charge in [0.05, 0.1) is 13.5 Å². The number of carboxylic acid groups (broad SMARTS) is 1. The Morgan fingerprint density at radius 2 is 1.85 bits per heavy atom. The van der Waals surface area contributed by atoms with E-state index >= 15 is 0 Å². The summed E-state index contributed by atoms with van der Waals surface area (Å²) in [7, 11) is 1.60. The van der Waals surface area contributed by atoms with Crippen LogP contribution in [0.2, 0.25) is 5.02 Å². The highest BCUT2D eigenvalue weighted by Gasteiger charge is 2.30. The average Bonchev–Trinajstić information content (AvgIpc) is 2.71. The first-order valence-corrected chi connectivity index (χ1v) is 6.67. The average molecular weight is 289 g/mol. The molecule has 0 fully saturated rings. The van der Waals surface area contributed by atoms with E-state index in [-0.39, 0.29) is 12.3 Å². The van der Waals surface area contributed by atoms with Gasteiger partial charge in [0.25, 0.3) is 0 Å². The standard InChI is InChI=1S/C16H13ClO3/c1-20-10-3-5-12-11-4-2-9(17)6-13(11)15(8-16(18)19)14(12)7-10/h2-7,15H,8H2,1H3,(H,18,19). The van der Waals surface area contributed by atoms with Crippen LogP contribution in [0.3, 0.4) is 0 Å². The number of carboxylic acids is 1. The van der Waals surface area contributed by atoms with Crippen LogP contribution < -0.4 is 4.74 Å². The molecule has 0 aromatic heterocycles. The molecule has 3 rings (SSSR count). The van der Waals surface area contributed by atoms with Crippen molar-refractivity contribution in [2.24, 2.45) is 0 Å². The fourth-order valence-corrected chi connectivity index (χ4v) is 3.01. The highest BCUT2D eigenvalue weighted by Crippen LogP contribution is 2.48. The van der Waals surface area contributed by atoms with Crippen molar-refractivity contribution in [3.8, 4) is 16.9 Å². The number of fused-ring (bicyclic) bond motifs is 3. The molecule has 0 aliphatic heterocycles. The van der Waals surface area contributed by atoms with Gasteiger partial charge in [-0.05, 0) is 46.5 Å². The van der Waals surface area contributed by atoms with Crippen LogP contribution in [-0.2, 0) is 4.79 Å². The van der Waals surface area contributed by atoms with Crippen molar-refractivity contribution in [2.45, 2.75) is 12.3 Å². The predicted molar refractivity (Wildman–Crippen MR) is 77.5 cm³/mol. The van der Waals surface area contributed by atoms with Crippen molar-refractivity contribution < 1.29 is 14.6 Å². The van der Waals surface area contributed by atoms with Crippen LogP contribution in [-0.4, -0.2) is 18.2 Å². The van der Waals surface area contributed by atoms with Crippen molar-refractivity contribution in [1.29, 1.82) is 0 Å². The lowest BCUT2D eigenvalue weighted by molar-refractivity contribution is -0.137. The van der Waals surface area contributed by atoms with Gasteiger partial charge in [0.2, 0.25) is 0 Å². The Hall–Kier alpha value is -2.00. The van der Waals surface area contributed by atoms with E-state index in [4.69, 9.17) is 21.4 Å². The van der Waals surface area contributed by atoms with Gasteiger partial charge >= 0.3 is 5.97 Å². The zero-order valence-electron chi connectivity index (χ0n) is 10.9. The minimum absolute atomic E-state index is 0.0491. The number of rotatable bonds is 3. The molecule has 0 radical (unpaired) electrons. The summed E-state index contributed by atoms with van der Waals surface area (Å²) in [6, 6.07) is 11.4. The van der Waals surface area contributed by atoms with Crippen molar-refractivity contribution in [3.05, 3.63) is 52.5 Å². The number of hydrogen-bond donors (Lipinski definition) is 1. The lowest BCUT2D eigenvalue weighted by Crippen LogP contribution is -2.05. The second-order valence-corrected chi connectivity index (χ2v) is 5.27. The lowest BCUT2D eigenvalue weighted by atomic mass is 9.93. The Morgan fingerprint density at radius 3 is 2.50 bits per heavy atom. The molecule has 20 heavy (non-hydrogen) atoms. The molecule has 102 valence electrons. The molecule has 0 saturated carbocycles. The van der Waals surface area contributed by atoms with Gasteiger partial charge in [0.15, 0.2) is 0 Å². The highest BCUT2D eigenvalue weighted by molar-refractivity contribution is 6.30. The Morgan fingerprint density at radius 1 is 1.20 bits per heavy atom. The van der Waals surface area contributed by atoms with Crippen LogP contribution in [0.25, 0.3) is 11.1 Å². The van der Waals surface area contributed by atoms with Crippen LogP contribution in [0.1, 0.15) is 23.5 Å². The Bertz CT molecular complexity index is 694. The fraction of sp³-hybridized carbons (Fsp3) is 0.188. The number of methoxy groups -OCH3 is 1. The van der Waals surface area contributed by atoms with Crippen molar-refractivity contribution in [2.75, 3.05) is 7.11 Å². The van der Waals surface area contributed by atoms with Gasteiger partial charge in [-0.15, -0.1) is 0 Å². The van der Waals surface area contributed by atoms with E-state index in [1.807, 2.05) is 36.4 Å². The minimum Gasteiger partial charge on any atom is -0.497 e. The van der Waals surface area contributed by atoms with Gasteiger partial charge in [0.1, 0.15) is 5.75 Å². The summed E-state index contributed by atoms with van der Waals surface area (Å²) in [6.07, 6.45) is 0.0491. The summed E-state index contributed by atoms with van der Waals surface area (Å²) < 4.78 is 5.24. The highest BCUT2D eigenvalue weighted by atomic mass is 35.5. The molecule has 0 heterocycles. The molecule has 0 bridgehead atoms. The molecule has 4 heteroatoms. The summed E-state index contributed by atoms with van der Waals surface area (Å²) in [5.74, 6) is -0.263. The molecule has 2 aromatic carbocycles. The quantitative estimate of drug-likeness (QED) is 0.930. The van der Waals surface area contributed by atoms with Crippen LogP contribution in [0.5, 0.6) is 5.75 Å². The fourth-order valence-electron chi connectivity index (χ4n) is 2.83. The molecule has 1 aliphatic rings. The second-order valence-electron chi connectivity index (χ2n) is 4.84. The maximum absolute atomic E-state index is 11.2. The third-order valence-electron chi connectivity index (χ3n) is 3.69. The first kappa shape index (κ1) is 13.0. The number of hydrogen-bond acceptors (Lipinski definition) is 2. The van der Waals surface area contributed by atoms with Gasteiger partial charge in [-0.25, -0.2) is 0 Å². The Labute approximate surface area is 121 Å². The van der Waals surface area contributed by atoms with E-state index in [2.05, 4.69) is 0 Å². The topological polar surface area (TPSA) is 46.5 Å². The first-order chi connectivity index (χ1) is 9.60. The molecule has 1 unspecified atom stereocenters. The van der Waals surface area contributed by atoms with E-state index in [9.17, 15) is 4.79 Å². The summed E-state index contributed by atoms with van der Waals surface area (Å²) in [4.78, 5) is 11.2. The second kappa shape index (κ2) is 4.84. The van der Waals surface area contributed by atoms with Crippen molar-refractivity contribution >= 4 is 17.6 Å². The SMILES string of the molecule is COc1ccc2c(c1)C(CC(=O)O)c1cc(Cl)ccc1-2. The third kappa shape index (κ3) is 2.04. The number of ether oxygens (including phenoxy) is 1. The molecule has 3 nitrogen and oxygen atoms in total. The normalized spacial score (nSPS) is 15.6. The van der Waals surface area contributed by atoms with E-state index in [0.717, 1.165) is 28.0 Å². The predicted octanol–water partition coefficient (Wildman–Crippen LogP) is 3.94. The first-order valence-electron chi connectivity index (χ1n) is 6.29. The summed E-state index contributed by atoms with van der Waals surface area (Å²) in [5, 5.41) is 9.78. The van der Waals surface area contributed by atoms with Gasteiger partial charge in [0, 0.05) is 10.9 Å². The van der Waals surface area contributed by atoms with Gasteiger partial charge in [-0.2, -0.15) is 0 Å². The third-order valence-corrected chi connectivity index (χ3v) is 3.93. The lowest BCUT2D eigenvalue weighted by Gasteiger charge is -2.11. The molecule has 0 amide bonds. The molecule has 1 N–H and O–H groups in total. The van der Waals surface area contributed by atoms with E-state index in [0.29, 0.717) is 5.02 Å². The maximum atomic E-state index is 11.2. The minimum atomic E-state index is -0.823. The van der Waals surface area contributed by atoms with Crippen LogP contribution in [0.4, 0.5) is 0 Å². The molecule has 0 saturated heterocycles. The van der Waals surface area contributed by atoms with Crippen molar-refractivity contribution in [3.63, 3.8) is 0 Å². The van der Waals surface area contributed by atoms with E-state index in [1.54, 1.807) is 7.11 Å². The molecule has 1 aliphatic carbocycles. The van der Waals surface area contributed by atoms with Gasteiger partial charge in [-0.3, -0.25) is 4.79 Å². The largest absolute Gasteiger partial charge is 0.497 e. The summed E-state index contributed by atoms with van der Waals surface area (Å²) >= 11 is 6.05. The van der Waals surface area contributed by atoms with Crippen LogP contribution >= 0.6 is 11.6 Å². The maximum Gasteiger partial charge on any atom is 0.304 e. The monoisotopic (exact) mass is 288 g/mol. The Kier molecular flexibility index (Phi) is 3.14. The summed E-state index contributed by atoms with van der Waals surface area (Å²) in [5.41, 5.74) is 4.08.